The van der Waals surface area contributed by atoms with E-state index in [0.29, 0.717) is 0 Å². The van der Waals surface area contributed by atoms with E-state index in [2.05, 4.69) is 0 Å². The highest BCUT2D eigenvalue weighted by atomic mass is 32.2. The summed E-state index contributed by atoms with van der Waals surface area (Å²) in [6.07, 6.45) is 2.01. The van der Waals surface area contributed by atoms with Crippen molar-refractivity contribution in [1.29, 1.82) is 0 Å². The van der Waals surface area contributed by atoms with E-state index in [0.717, 1.165) is 16.1 Å². The second-order valence-corrected chi connectivity index (χ2v) is 4.18. The maximum atomic E-state index is 11.6. The number of hydrogen-bond donors (Lipinski definition) is 1. The largest absolute Gasteiger partial charge is 0.316 e. The van der Waals surface area contributed by atoms with Gasteiger partial charge in [0.05, 0.1) is 0 Å². The molecule has 0 radical (unpaired) electrons. The van der Waals surface area contributed by atoms with E-state index in [-0.39, 0.29) is 5.91 Å². The van der Waals surface area contributed by atoms with Crippen LogP contribution in [-0.4, -0.2) is 19.2 Å². The van der Waals surface area contributed by atoms with E-state index >= 15 is 0 Å². The minimum Gasteiger partial charge on any atom is -0.316 e. The zero-order valence-corrected chi connectivity index (χ0v) is 8.97. The average Bonchev–Trinajstić information content (AvgIpc) is 2.44. The van der Waals surface area contributed by atoms with Gasteiger partial charge in [-0.05, 0) is 18.4 Å². The number of rotatable bonds is 1. The molecule has 1 aromatic rings. The third-order valence-corrected chi connectivity index (χ3v) is 3.26. The first-order valence-electron chi connectivity index (χ1n) is 4.36. The first-order valence-corrected chi connectivity index (χ1v) is 5.58. The van der Waals surface area contributed by atoms with Crippen molar-refractivity contribution in [3.63, 3.8) is 0 Å². The Bertz CT molecular complexity index is 392. The Hall–Kier alpha value is -1.00. The molecule has 0 saturated carbocycles. The summed E-state index contributed by atoms with van der Waals surface area (Å²) in [4.78, 5) is 14.3. The number of fused-ring (bicyclic) bond motifs is 1. The van der Waals surface area contributed by atoms with Crippen molar-refractivity contribution in [2.75, 3.05) is 18.2 Å². The fraction of sp³-hybridized carbons (Fsp3) is 0.300. The monoisotopic (exact) mass is 208 g/mol. The van der Waals surface area contributed by atoms with Gasteiger partial charge in [-0.2, -0.15) is 0 Å². The third-order valence-electron chi connectivity index (χ3n) is 2.53. The van der Waals surface area contributed by atoms with Crippen molar-refractivity contribution < 1.29 is 4.79 Å². The summed E-state index contributed by atoms with van der Waals surface area (Å²) in [6, 6.07) is 5.46. The van der Waals surface area contributed by atoms with E-state index in [9.17, 15) is 4.79 Å². The summed E-state index contributed by atoms with van der Waals surface area (Å²) in [7, 11) is 1.76. The smallest absolute Gasteiger partial charge is 0.248 e. The first-order chi connectivity index (χ1) is 6.65. The molecule has 0 spiro atoms. The van der Waals surface area contributed by atoms with Gasteiger partial charge in [0, 0.05) is 23.2 Å². The molecule has 3 nitrogen and oxygen atoms in total. The Morgan fingerprint density at radius 1 is 1.50 bits per heavy atom. The zero-order chi connectivity index (χ0) is 10.3. The number of amides is 1. The Morgan fingerprint density at radius 2 is 2.21 bits per heavy atom. The maximum Gasteiger partial charge on any atom is 0.248 e. The van der Waals surface area contributed by atoms with Crippen molar-refractivity contribution in [3.8, 4) is 0 Å². The van der Waals surface area contributed by atoms with Gasteiger partial charge in [0.1, 0.15) is 6.04 Å². The standard InChI is InChI=1S/C10H12N2OS/c1-12-8-5-6(14-2)3-4-7(8)9(11)10(12)13/h3-5,9H,11H2,1-2H3. The van der Waals surface area contributed by atoms with Crippen molar-refractivity contribution in [3.05, 3.63) is 23.8 Å². The van der Waals surface area contributed by atoms with Crippen LogP contribution in [0, 0.1) is 0 Å². The van der Waals surface area contributed by atoms with Gasteiger partial charge in [0.2, 0.25) is 5.91 Å². The van der Waals surface area contributed by atoms with Gasteiger partial charge in [-0.15, -0.1) is 11.8 Å². The molecule has 2 rings (SSSR count). The second-order valence-electron chi connectivity index (χ2n) is 3.30. The van der Waals surface area contributed by atoms with E-state index < -0.39 is 6.04 Å². The predicted octanol–water partition coefficient (Wildman–Crippen LogP) is 1.38. The van der Waals surface area contributed by atoms with E-state index in [1.54, 1.807) is 23.7 Å². The van der Waals surface area contributed by atoms with Crippen LogP contribution >= 0.6 is 11.8 Å². The first kappa shape index (κ1) is 9.55. The topological polar surface area (TPSA) is 46.3 Å². The van der Waals surface area contributed by atoms with Crippen LogP contribution in [0.25, 0.3) is 0 Å². The highest BCUT2D eigenvalue weighted by Crippen LogP contribution is 2.35. The molecule has 0 bridgehead atoms. The summed E-state index contributed by atoms with van der Waals surface area (Å²) >= 11 is 1.66. The SMILES string of the molecule is CSc1ccc2c(c1)N(C)C(=O)C2N. The maximum absolute atomic E-state index is 11.6. The quantitative estimate of drug-likeness (QED) is 0.709. The predicted molar refractivity (Wildman–Crippen MR) is 58.6 cm³/mol. The Kier molecular flexibility index (Phi) is 2.25. The summed E-state index contributed by atoms with van der Waals surface area (Å²) < 4.78 is 0. The van der Waals surface area contributed by atoms with Crippen LogP contribution in [0.15, 0.2) is 23.1 Å². The van der Waals surface area contributed by atoms with Crippen LogP contribution < -0.4 is 10.6 Å². The summed E-state index contributed by atoms with van der Waals surface area (Å²) in [5.41, 5.74) is 7.64. The van der Waals surface area contributed by atoms with Gasteiger partial charge in [-0.3, -0.25) is 4.79 Å². The number of hydrogen-bond acceptors (Lipinski definition) is 3. The second kappa shape index (κ2) is 3.29. The number of benzene rings is 1. The van der Waals surface area contributed by atoms with E-state index in [1.165, 1.54) is 0 Å². The van der Waals surface area contributed by atoms with Crippen LogP contribution in [0.4, 0.5) is 5.69 Å². The lowest BCUT2D eigenvalue weighted by atomic mass is 10.1. The average molecular weight is 208 g/mol. The molecular formula is C10H12N2OS. The van der Waals surface area contributed by atoms with Crippen LogP contribution in [0.1, 0.15) is 11.6 Å². The number of nitrogens with zero attached hydrogens (tertiary/aromatic N) is 1. The molecule has 0 aromatic heterocycles. The van der Waals surface area contributed by atoms with Crippen molar-refractivity contribution in [1.82, 2.24) is 0 Å². The number of anilines is 1. The highest BCUT2D eigenvalue weighted by molar-refractivity contribution is 7.98. The molecule has 2 N–H and O–H groups in total. The van der Waals surface area contributed by atoms with Gasteiger partial charge in [-0.1, -0.05) is 6.07 Å². The molecule has 14 heavy (non-hydrogen) atoms. The Morgan fingerprint density at radius 3 is 2.86 bits per heavy atom. The number of likely N-dealkylation sites (N-methyl/N-ethyl adjacent to an activating group) is 1. The third kappa shape index (κ3) is 1.22. The lowest BCUT2D eigenvalue weighted by Crippen LogP contribution is -2.27. The molecule has 74 valence electrons. The van der Waals surface area contributed by atoms with Gasteiger partial charge in [-0.25, -0.2) is 0 Å². The van der Waals surface area contributed by atoms with Crippen LogP contribution in [0.5, 0.6) is 0 Å². The van der Waals surface area contributed by atoms with Crippen LogP contribution in [-0.2, 0) is 4.79 Å². The molecule has 1 atom stereocenters. The molecule has 0 fully saturated rings. The van der Waals surface area contributed by atoms with Crippen LogP contribution in [0.2, 0.25) is 0 Å². The van der Waals surface area contributed by atoms with Gasteiger partial charge in [0.15, 0.2) is 0 Å². The van der Waals surface area contributed by atoms with E-state index in [1.807, 2.05) is 24.5 Å². The molecule has 4 heteroatoms. The fourth-order valence-electron chi connectivity index (χ4n) is 1.66. The molecule has 1 aromatic carbocycles. The summed E-state index contributed by atoms with van der Waals surface area (Å²) in [5.74, 6) is -0.0294. The number of carbonyl (C=O) groups is 1. The minimum absolute atomic E-state index is 0.0294. The van der Waals surface area contributed by atoms with Crippen molar-refractivity contribution in [2.45, 2.75) is 10.9 Å². The molecule has 1 aliphatic rings. The number of thioether (sulfide) groups is 1. The van der Waals surface area contributed by atoms with Crippen molar-refractivity contribution in [2.24, 2.45) is 5.73 Å². The normalized spacial score (nSPS) is 20.1. The lowest BCUT2D eigenvalue weighted by Gasteiger charge is -2.10. The molecule has 0 saturated heterocycles. The van der Waals surface area contributed by atoms with Gasteiger partial charge >= 0.3 is 0 Å². The molecule has 1 amide bonds. The number of carbonyl (C=O) groups excluding carboxylic acids is 1. The molecule has 1 aliphatic heterocycles. The summed E-state index contributed by atoms with van der Waals surface area (Å²) in [5, 5.41) is 0. The molecule has 1 unspecified atom stereocenters. The van der Waals surface area contributed by atoms with Crippen LogP contribution in [0.3, 0.4) is 0 Å². The van der Waals surface area contributed by atoms with Gasteiger partial charge < -0.3 is 10.6 Å². The van der Waals surface area contributed by atoms with E-state index in [4.69, 9.17) is 5.73 Å². The number of nitrogens with two attached hydrogens (primary N) is 1. The molecular weight excluding hydrogens is 196 g/mol. The van der Waals surface area contributed by atoms with Crippen molar-refractivity contribution >= 4 is 23.4 Å². The Labute approximate surface area is 87.3 Å². The summed E-state index contributed by atoms with van der Waals surface area (Å²) in [6.45, 7) is 0. The fourth-order valence-corrected chi connectivity index (χ4v) is 2.10. The Balaban J connectivity index is 2.53. The molecule has 0 aliphatic carbocycles. The molecule has 1 heterocycles. The lowest BCUT2D eigenvalue weighted by molar-refractivity contribution is -0.118. The van der Waals surface area contributed by atoms with Gasteiger partial charge in [0.25, 0.3) is 0 Å². The minimum atomic E-state index is -0.481. The zero-order valence-electron chi connectivity index (χ0n) is 8.15. The highest BCUT2D eigenvalue weighted by Gasteiger charge is 2.32.